The number of aromatic amines is 1. The van der Waals surface area contributed by atoms with E-state index in [0.717, 1.165) is 86.0 Å². The van der Waals surface area contributed by atoms with Gasteiger partial charge in [-0.25, -0.2) is 0 Å². The predicted molar refractivity (Wildman–Crippen MR) is 120 cm³/mol. The summed E-state index contributed by atoms with van der Waals surface area (Å²) in [7, 11) is 0. The number of likely N-dealkylation sites (tertiary alicyclic amines) is 1. The van der Waals surface area contributed by atoms with Crippen molar-refractivity contribution < 1.29 is 4.79 Å². The summed E-state index contributed by atoms with van der Waals surface area (Å²) in [6, 6.07) is 16.2. The molecule has 0 bridgehead atoms. The van der Waals surface area contributed by atoms with E-state index in [1.807, 2.05) is 41.4 Å². The molecule has 2 fully saturated rings. The number of benzene rings is 1. The molecule has 30 heavy (non-hydrogen) atoms. The first-order chi connectivity index (χ1) is 14.8. The van der Waals surface area contributed by atoms with E-state index in [-0.39, 0.29) is 5.91 Å². The Morgan fingerprint density at radius 3 is 2.40 bits per heavy atom. The molecule has 2 aromatic heterocycles. The van der Waals surface area contributed by atoms with Crippen LogP contribution in [0.3, 0.4) is 0 Å². The zero-order valence-electron chi connectivity index (χ0n) is 17.1. The third-order valence-electron chi connectivity index (χ3n) is 6.02. The van der Waals surface area contributed by atoms with Gasteiger partial charge in [0.15, 0.2) is 0 Å². The largest absolute Gasteiger partial charge is 0.356 e. The number of H-pyrrole nitrogens is 1. The van der Waals surface area contributed by atoms with Crippen LogP contribution >= 0.6 is 0 Å². The molecule has 1 amide bonds. The highest BCUT2D eigenvalue weighted by Crippen LogP contribution is 2.27. The summed E-state index contributed by atoms with van der Waals surface area (Å²) in [5.74, 6) is 1.29. The first kappa shape index (κ1) is 18.9. The molecular weight excluding hydrogens is 374 g/mol. The monoisotopic (exact) mass is 401 g/mol. The molecular formula is C24H27N5O. The highest BCUT2D eigenvalue weighted by molar-refractivity contribution is 5.94. The van der Waals surface area contributed by atoms with Gasteiger partial charge in [0, 0.05) is 67.8 Å². The van der Waals surface area contributed by atoms with Crippen molar-refractivity contribution in [2.24, 2.45) is 0 Å². The van der Waals surface area contributed by atoms with E-state index >= 15 is 0 Å². The van der Waals surface area contributed by atoms with E-state index in [9.17, 15) is 4.79 Å². The smallest absolute Gasteiger partial charge is 0.253 e. The van der Waals surface area contributed by atoms with Gasteiger partial charge >= 0.3 is 0 Å². The zero-order chi connectivity index (χ0) is 20.3. The summed E-state index contributed by atoms with van der Waals surface area (Å²) < 4.78 is 0. The number of hydrogen-bond donors (Lipinski definition) is 2. The first-order valence-electron chi connectivity index (χ1n) is 10.8. The summed E-state index contributed by atoms with van der Waals surface area (Å²) in [5, 5.41) is 3.39. The maximum Gasteiger partial charge on any atom is 0.253 e. The zero-order valence-corrected chi connectivity index (χ0v) is 17.1. The van der Waals surface area contributed by atoms with Crippen LogP contribution in [0, 0.1) is 0 Å². The normalized spacial score (nSPS) is 16.8. The summed E-state index contributed by atoms with van der Waals surface area (Å²) in [6.07, 6.45) is 4.06. The molecule has 1 aromatic carbocycles. The van der Waals surface area contributed by atoms with Gasteiger partial charge in [-0.05, 0) is 49.2 Å². The van der Waals surface area contributed by atoms with Crippen LogP contribution < -0.4 is 10.2 Å². The Hall–Kier alpha value is -3.12. The fraction of sp³-hybridized carbons (Fsp3) is 0.333. The highest BCUT2D eigenvalue weighted by atomic mass is 16.2. The minimum atomic E-state index is 0.132. The molecule has 5 rings (SSSR count). The Kier molecular flexibility index (Phi) is 5.24. The molecule has 4 heterocycles. The minimum Gasteiger partial charge on any atom is -0.356 e. The quantitative estimate of drug-likeness (QED) is 0.703. The van der Waals surface area contributed by atoms with E-state index in [1.165, 1.54) is 0 Å². The first-order valence-corrected chi connectivity index (χ1v) is 10.8. The number of anilines is 1. The molecule has 2 aliphatic rings. The van der Waals surface area contributed by atoms with Crippen LogP contribution in [-0.2, 0) is 0 Å². The van der Waals surface area contributed by atoms with Gasteiger partial charge in [0.05, 0.1) is 5.69 Å². The molecule has 0 saturated carbocycles. The van der Waals surface area contributed by atoms with Crippen LogP contribution in [0.5, 0.6) is 0 Å². The lowest BCUT2D eigenvalue weighted by molar-refractivity contribution is 0.0793. The Labute approximate surface area is 176 Å². The second-order valence-corrected chi connectivity index (χ2v) is 8.00. The van der Waals surface area contributed by atoms with E-state index in [4.69, 9.17) is 0 Å². The van der Waals surface area contributed by atoms with Crippen molar-refractivity contribution in [2.45, 2.75) is 12.8 Å². The van der Waals surface area contributed by atoms with Crippen molar-refractivity contribution in [1.82, 2.24) is 20.2 Å². The van der Waals surface area contributed by atoms with Crippen LogP contribution in [0.2, 0.25) is 0 Å². The molecule has 154 valence electrons. The molecule has 6 nitrogen and oxygen atoms in total. The Balaban J connectivity index is 1.34. The van der Waals surface area contributed by atoms with Crippen molar-refractivity contribution in [2.75, 3.05) is 44.2 Å². The molecule has 0 radical (unpaired) electrons. The third-order valence-corrected chi connectivity index (χ3v) is 6.02. The Morgan fingerprint density at radius 2 is 1.63 bits per heavy atom. The van der Waals surface area contributed by atoms with Gasteiger partial charge in [0.2, 0.25) is 0 Å². The van der Waals surface area contributed by atoms with Crippen molar-refractivity contribution in [3.8, 4) is 22.5 Å². The topological polar surface area (TPSA) is 64.3 Å². The van der Waals surface area contributed by atoms with Gasteiger partial charge in [-0.3, -0.25) is 9.78 Å². The average molecular weight is 402 g/mol. The van der Waals surface area contributed by atoms with E-state index in [1.54, 1.807) is 0 Å². The van der Waals surface area contributed by atoms with Crippen LogP contribution in [0.15, 0.2) is 54.7 Å². The molecule has 2 saturated heterocycles. The molecule has 6 heteroatoms. The number of amides is 1. The molecule has 0 unspecified atom stereocenters. The number of carbonyl (C=O) groups is 1. The van der Waals surface area contributed by atoms with Crippen LogP contribution in [0.1, 0.15) is 23.2 Å². The third kappa shape index (κ3) is 3.83. The summed E-state index contributed by atoms with van der Waals surface area (Å²) in [4.78, 5) is 25.0. The van der Waals surface area contributed by atoms with Gasteiger partial charge in [-0.1, -0.05) is 12.1 Å². The number of piperazine rings is 1. The van der Waals surface area contributed by atoms with Crippen LogP contribution in [0.4, 0.5) is 5.82 Å². The SMILES string of the molecule is O=C(c1ccc(-c2cc(-c3ccc(N4CCNCC4)[nH]3)ccn2)cc1)N1CCCC1. The molecule has 2 N–H and O–H groups in total. The number of nitrogens with one attached hydrogen (secondary N) is 2. The van der Waals surface area contributed by atoms with Crippen molar-refractivity contribution in [1.29, 1.82) is 0 Å². The standard InChI is InChI=1S/C24H27N5O/c30-24(29-13-1-2-14-29)19-5-3-18(4-6-19)22-17-20(9-10-26-22)21-7-8-23(27-21)28-15-11-25-12-16-28/h3-10,17,25,27H,1-2,11-16H2. The van der Waals surface area contributed by atoms with Gasteiger partial charge in [-0.15, -0.1) is 0 Å². The number of carbonyl (C=O) groups excluding carboxylic acids is 1. The average Bonchev–Trinajstić information content (AvgIpc) is 3.52. The van der Waals surface area contributed by atoms with E-state index in [0.29, 0.717) is 0 Å². The van der Waals surface area contributed by atoms with E-state index < -0.39 is 0 Å². The maximum absolute atomic E-state index is 12.6. The lowest BCUT2D eigenvalue weighted by Crippen LogP contribution is -2.43. The summed E-state index contributed by atoms with van der Waals surface area (Å²) in [6.45, 7) is 5.81. The van der Waals surface area contributed by atoms with E-state index in [2.05, 4.69) is 38.4 Å². The second kappa shape index (κ2) is 8.32. The van der Waals surface area contributed by atoms with Gasteiger partial charge in [0.1, 0.15) is 5.82 Å². The molecule has 3 aromatic rings. The minimum absolute atomic E-state index is 0.132. The van der Waals surface area contributed by atoms with Gasteiger partial charge in [-0.2, -0.15) is 0 Å². The number of rotatable bonds is 4. The Morgan fingerprint density at radius 1 is 0.867 bits per heavy atom. The number of nitrogens with zero attached hydrogens (tertiary/aromatic N) is 3. The van der Waals surface area contributed by atoms with Crippen molar-refractivity contribution in [3.63, 3.8) is 0 Å². The molecule has 0 spiro atoms. The van der Waals surface area contributed by atoms with Crippen LogP contribution in [-0.4, -0.2) is 60.0 Å². The van der Waals surface area contributed by atoms with Crippen molar-refractivity contribution in [3.05, 3.63) is 60.3 Å². The Bertz CT molecular complexity index is 1010. The summed E-state index contributed by atoms with van der Waals surface area (Å²) >= 11 is 0. The molecule has 2 aliphatic heterocycles. The second-order valence-electron chi connectivity index (χ2n) is 8.00. The number of aromatic nitrogens is 2. The van der Waals surface area contributed by atoms with Crippen LogP contribution in [0.25, 0.3) is 22.5 Å². The predicted octanol–water partition coefficient (Wildman–Crippen LogP) is 3.39. The fourth-order valence-corrected chi connectivity index (χ4v) is 4.28. The molecule has 0 atom stereocenters. The number of pyridine rings is 1. The maximum atomic E-state index is 12.6. The van der Waals surface area contributed by atoms with Crippen molar-refractivity contribution >= 4 is 11.7 Å². The van der Waals surface area contributed by atoms with Gasteiger partial charge in [0.25, 0.3) is 5.91 Å². The fourth-order valence-electron chi connectivity index (χ4n) is 4.28. The highest BCUT2D eigenvalue weighted by Gasteiger charge is 2.19. The molecule has 0 aliphatic carbocycles. The lowest BCUT2D eigenvalue weighted by Gasteiger charge is -2.28. The summed E-state index contributed by atoms with van der Waals surface area (Å²) in [5.41, 5.74) is 4.88. The van der Waals surface area contributed by atoms with Gasteiger partial charge < -0.3 is 20.1 Å². The number of hydrogen-bond acceptors (Lipinski definition) is 4. The lowest BCUT2D eigenvalue weighted by atomic mass is 10.1.